The minimum Gasteiger partial charge on any atom is -0.366 e. The van der Waals surface area contributed by atoms with E-state index in [0.29, 0.717) is 37.7 Å². The molecule has 2 aromatic carbocycles. The molecular formula is C21H19F2N5O. The van der Waals surface area contributed by atoms with E-state index in [2.05, 4.69) is 15.5 Å². The second kappa shape index (κ2) is 8.22. The molecule has 0 spiro atoms. The van der Waals surface area contributed by atoms with Crippen molar-refractivity contribution in [1.82, 2.24) is 10.2 Å². The zero-order valence-corrected chi connectivity index (χ0v) is 15.6. The molecule has 1 aliphatic rings. The molecule has 6 nitrogen and oxygen atoms in total. The van der Waals surface area contributed by atoms with Crippen LogP contribution in [0.4, 0.5) is 26.0 Å². The number of benzene rings is 2. The van der Waals surface area contributed by atoms with E-state index in [1.54, 1.807) is 36.4 Å². The van der Waals surface area contributed by atoms with Crippen LogP contribution in [0.25, 0.3) is 0 Å². The summed E-state index contributed by atoms with van der Waals surface area (Å²) in [7, 11) is 0. The van der Waals surface area contributed by atoms with E-state index in [1.165, 1.54) is 18.2 Å². The molecule has 0 saturated carbocycles. The summed E-state index contributed by atoms with van der Waals surface area (Å²) >= 11 is 0. The quantitative estimate of drug-likeness (QED) is 0.734. The summed E-state index contributed by atoms with van der Waals surface area (Å²) in [4.78, 5) is 16.3. The zero-order valence-electron chi connectivity index (χ0n) is 15.6. The van der Waals surface area contributed by atoms with E-state index < -0.39 is 11.7 Å². The van der Waals surface area contributed by atoms with Crippen molar-refractivity contribution in [1.29, 1.82) is 0 Å². The first-order chi connectivity index (χ1) is 14.1. The van der Waals surface area contributed by atoms with Crippen LogP contribution in [0.15, 0.2) is 60.7 Å². The van der Waals surface area contributed by atoms with Gasteiger partial charge < -0.3 is 15.1 Å². The molecule has 148 valence electrons. The lowest BCUT2D eigenvalue weighted by Gasteiger charge is -2.36. The van der Waals surface area contributed by atoms with Gasteiger partial charge in [0.05, 0.1) is 11.4 Å². The molecule has 1 aromatic heterocycles. The Morgan fingerprint density at radius 3 is 2.10 bits per heavy atom. The summed E-state index contributed by atoms with van der Waals surface area (Å²) in [6.45, 7) is 2.61. The average Bonchev–Trinajstić information content (AvgIpc) is 2.76. The molecule has 0 aliphatic carbocycles. The van der Waals surface area contributed by atoms with Gasteiger partial charge >= 0.3 is 0 Å². The maximum absolute atomic E-state index is 14.0. The Bertz CT molecular complexity index is 1000. The van der Waals surface area contributed by atoms with Crippen molar-refractivity contribution in [3.63, 3.8) is 0 Å². The number of amides is 1. The Kier molecular flexibility index (Phi) is 5.33. The van der Waals surface area contributed by atoms with Crippen molar-refractivity contribution >= 4 is 23.1 Å². The number of para-hydroxylation sites is 2. The molecule has 29 heavy (non-hydrogen) atoms. The van der Waals surface area contributed by atoms with Gasteiger partial charge in [-0.2, -0.15) is 0 Å². The standard InChI is InChI=1S/C21H19F2N5O/c22-15-5-1-3-7-17(15)24-21(29)18-9-10-20(26-25-18)28-13-11-27(12-14-28)19-8-4-2-6-16(19)23/h1-10H,11-14H2,(H,24,29). The smallest absolute Gasteiger partial charge is 0.276 e. The minimum absolute atomic E-state index is 0.0904. The van der Waals surface area contributed by atoms with Crippen LogP contribution in [0.5, 0.6) is 0 Å². The fourth-order valence-electron chi connectivity index (χ4n) is 3.25. The predicted molar refractivity (Wildman–Crippen MR) is 107 cm³/mol. The van der Waals surface area contributed by atoms with Gasteiger partial charge in [-0.1, -0.05) is 24.3 Å². The van der Waals surface area contributed by atoms with Crippen LogP contribution in [-0.4, -0.2) is 42.3 Å². The second-order valence-corrected chi connectivity index (χ2v) is 6.64. The first-order valence-electron chi connectivity index (χ1n) is 9.26. The molecule has 0 unspecified atom stereocenters. The third-order valence-corrected chi connectivity index (χ3v) is 4.80. The Balaban J connectivity index is 1.38. The molecule has 0 radical (unpaired) electrons. The lowest BCUT2D eigenvalue weighted by Crippen LogP contribution is -2.47. The van der Waals surface area contributed by atoms with Gasteiger partial charge in [0, 0.05) is 26.2 Å². The van der Waals surface area contributed by atoms with Gasteiger partial charge in [-0.15, -0.1) is 10.2 Å². The summed E-state index contributed by atoms with van der Waals surface area (Å²) in [5, 5.41) is 10.6. The fraction of sp³-hybridized carbons (Fsp3) is 0.190. The number of nitrogens with one attached hydrogen (secondary N) is 1. The van der Waals surface area contributed by atoms with Gasteiger partial charge in [0.15, 0.2) is 11.5 Å². The molecule has 2 heterocycles. The van der Waals surface area contributed by atoms with Crippen LogP contribution < -0.4 is 15.1 Å². The number of rotatable bonds is 4. The molecule has 1 fully saturated rings. The van der Waals surface area contributed by atoms with Crippen molar-refractivity contribution in [2.75, 3.05) is 41.3 Å². The molecule has 1 N–H and O–H groups in total. The van der Waals surface area contributed by atoms with Crippen LogP contribution >= 0.6 is 0 Å². The predicted octanol–water partition coefficient (Wildman–Crippen LogP) is 3.33. The SMILES string of the molecule is O=C(Nc1ccccc1F)c1ccc(N2CCN(c3ccccc3F)CC2)nn1. The molecular weight excluding hydrogens is 376 g/mol. The lowest BCUT2D eigenvalue weighted by molar-refractivity contribution is 0.102. The van der Waals surface area contributed by atoms with Crippen LogP contribution in [0.1, 0.15) is 10.5 Å². The molecule has 1 amide bonds. The zero-order chi connectivity index (χ0) is 20.2. The average molecular weight is 395 g/mol. The highest BCUT2D eigenvalue weighted by Crippen LogP contribution is 2.22. The highest BCUT2D eigenvalue weighted by atomic mass is 19.1. The topological polar surface area (TPSA) is 61.4 Å². The van der Waals surface area contributed by atoms with E-state index in [1.807, 2.05) is 15.9 Å². The largest absolute Gasteiger partial charge is 0.366 e. The monoisotopic (exact) mass is 395 g/mol. The van der Waals surface area contributed by atoms with Gasteiger partial charge in [0.2, 0.25) is 0 Å². The summed E-state index contributed by atoms with van der Waals surface area (Å²) in [5.74, 6) is -0.636. The minimum atomic E-state index is -0.529. The van der Waals surface area contributed by atoms with Crippen LogP contribution in [0, 0.1) is 11.6 Å². The van der Waals surface area contributed by atoms with Crippen LogP contribution in [0.2, 0.25) is 0 Å². The van der Waals surface area contributed by atoms with E-state index in [4.69, 9.17) is 0 Å². The number of hydrogen-bond donors (Lipinski definition) is 1. The molecule has 8 heteroatoms. The number of nitrogens with zero attached hydrogens (tertiary/aromatic N) is 4. The normalized spacial score (nSPS) is 14.0. The number of carbonyl (C=O) groups is 1. The van der Waals surface area contributed by atoms with Crippen molar-refractivity contribution in [3.8, 4) is 0 Å². The van der Waals surface area contributed by atoms with Crippen molar-refractivity contribution in [2.24, 2.45) is 0 Å². The number of piperazine rings is 1. The molecule has 1 aliphatic heterocycles. The van der Waals surface area contributed by atoms with Crippen LogP contribution in [0.3, 0.4) is 0 Å². The first-order valence-corrected chi connectivity index (χ1v) is 9.26. The van der Waals surface area contributed by atoms with E-state index in [-0.39, 0.29) is 17.2 Å². The third kappa shape index (κ3) is 4.16. The van der Waals surface area contributed by atoms with E-state index >= 15 is 0 Å². The van der Waals surface area contributed by atoms with E-state index in [0.717, 1.165) is 0 Å². The van der Waals surface area contributed by atoms with Gasteiger partial charge in [-0.3, -0.25) is 4.79 Å². The highest BCUT2D eigenvalue weighted by molar-refractivity contribution is 6.02. The van der Waals surface area contributed by atoms with Gasteiger partial charge in [0.25, 0.3) is 5.91 Å². The number of hydrogen-bond acceptors (Lipinski definition) is 5. The Labute approximate surface area is 166 Å². The molecule has 1 saturated heterocycles. The van der Waals surface area contributed by atoms with Crippen molar-refractivity contribution in [2.45, 2.75) is 0 Å². The second-order valence-electron chi connectivity index (χ2n) is 6.64. The molecule has 4 rings (SSSR count). The summed E-state index contributed by atoms with van der Waals surface area (Å²) in [6.07, 6.45) is 0. The maximum Gasteiger partial charge on any atom is 0.276 e. The molecule has 3 aromatic rings. The number of halogens is 2. The molecule has 0 atom stereocenters. The lowest BCUT2D eigenvalue weighted by atomic mass is 10.2. The fourth-order valence-corrected chi connectivity index (χ4v) is 3.25. The Morgan fingerprint density at radius 1 is 0.793 bits per heavy atom. The highest BCUT2D eigenvalue weighted by Gasteiger charge is 2.21. The summed E-state index contributed by atoms with van der Waals surface area (Å²) in [5.41, 5.74) is 0.785. The number of carbonyl (C=O) groups excluding carboxylic acids is 1. The van der Waals surface area contributed by atoms with Gasteiger partial charge in [-0.05, 0) is 36.4 Å². The summed E-state index contributed by atoms with van der Waals surface area (Å²) in [6, 6.07) is 15.9. The summed E-state index contributed by atoms with van der Waals surface area (Å²) < 4.78 is 27.6. The van der Waals surface area contributed by atoms with Crippen molar-refractivity contribution < 1.29 is 13.6 Å². The first kappa shape index (κ1) is 18.8. The number of anilines is 3. The maximum atomic E-state index is 14.0. The Morgan fingerprint density at radius 2 is 1.45 bits per heavy atom. The van der Waals surface area contributed by atoms with Crippen LogP contribution in [-0.2, 0) is 0 Å². The molecule has 0 bridgehead atoms. The van der Waals surface area contributed by atoms with Gasteiger partial charge in [-0.25, -0.2) is 8.78 Å². The van der Waals surface area contributed by atoms with Crippen molar-refractivity contribution in [3.05, 3.63) is 78.0 Å². The van der Waals surface area contributed by atoms with E-state index in [9.17, 15) is 13.6 Å². The number of aromatic nitrogens is 2. The third-order valence-electron chi connectivity index (χ3n) is 4.80. The Hall–Kier alpha value is -3.55. The van der Waals surface area contributed by atoms with Gasteiger partial charge in [0.1, 0.15) is 11.6 Å².